The van der Waals surface area contributed by atoms with Gasteiger partial charge in [-0.2, -0.15) is 0 Å². The molecule has 0 spiro atoms. The van der Waals surface area contributed by atoms with E-state index in [0.717, 1.165) is 21.3 Å². The van der Waals surface area contributed by atoms with E-state index in [4.69, 9.17) is 5.73 Å². The number of hydrogen-bond donors (Lipinski definition) is 1. The quantitative estimate of drug-likeness (QED) is 0.839. The SMILES string of the molecule is Cc1ccc(C)c2c1sc(=O)n2CCN. The van der Waals surface area contributed by atoms with Crippen molar-refractivity contribution in [2.45, 2.75) is 20.4 Å². The summed E-state index contributed by atoms with van der Waals surface area (Å²) in [6.07, 6.45) is 0. The van der Waals surface area contributed by atoms with Gasteiger partial charge in [0.2, 0.25) is 0 Å². The van der Waals surface area contributed by atoms with Gasteiger partial charge in [-0.1, -0.05) is 23.5 Å². The lowest BCUT2D eigenvalue weighted by Crippen LogP contribution is -2.19. The summed E-state index contributed by atoms with van der Waals surface area (Å²) in [4.78, 5) is 11.8. The lowest BCUT2D eigenvalue weighted by molar-refractivity contribution is 0.719. The van der Waals surface area contributed by atoms with Gasteiger partial charge in [0.1, 0.15) is 0 Å². The summed E-state index contributed by atoms with van der Waals surface area (Å²) in [6, 6.07) is 4.11. The summed E-state index contributed by atoms with van der Waals surface area (Å²) in [7, 11) is 0. The first-order chi connectivity index (χ1) is 7.15. The number of nitrogens with zero attached hydrogens (tertiary/aromatic N) is 1. The van der Waals surface area contributed by atoms with Crippen molar-refractivity contribution in [2.24, 2.45) is 5.73 Å². The topological polar surface area (TPSA) is 48.0 Å². The molecule has 0 aliphatic heterocycles. The van der Waals surface area contributed by atoms with Crippen LogP contribution in [0.2, 0.25) is 0 Å². The number of nitrogens with two attached hydrogens (primary N) is 1. The smallest absolute Gasteiger partial charge is 0.308 e. The summed E-state index contributed by atoms with van der Waals surface area (Å²) < 4.78 is 2.87. The predicted molar refractivity (Wildman–Crippen MR) is 64.6 cm³/mol. The zero-order chi connectivity index (χ0) is 11.0. The van der Waals surface area contributed by atoms with Gasteiger partial charge in [0, 0.05) is 13.1 Å². The highest BCUT2D eigenvalue weighted by Gasteiger charge is 2.10. The third-order valence-electron chi connectivity index (χ3n) is 2.56. The molecule has 3 nitrogen and oxygen atoms in total. The van der Waals surface area contributed by atoms with Crippen LogP contribution < -0.4 is 10.6 Å². The zero-order valence-electron chi connectivity index (χ0n) is 8.91. The molecule has 0 aliphatic rings. The van der Waals surface area contributed by atoms with E-state index in [1.54, 1.807) is 4.57 Å². The Bertz CT molecular complexity index is 553. The van der Waals surface area contributed by atoms with Gasteiger partial charge in [-0.25, -0.2) is 0 Å². The molecule has 2 N–H and O–H groups in total. The van der Waals surface area contributed by atoms with Gasteiger partial charge < -0.3 is 5.73 Å². The van der Waals surface area contributed by atoms with Crippen LogP contribution in [-0.2, 0) is 6.54 Å². The molecule has 0 radical (unpaired) electrons. The minimum atomic E-state index is 0.0906. The van der Waals surface area contributed by atoms with Crippen LogP contribution in [-0.4, -0.2) is 11.1 Å². The van der Waals surface area contributed by atoms with Crippen molar-refractivity contribution in [2.75, 3.05) is 6.54 Å². The molecule has 0 fully saturated rings. The number of thiazole rings is 1. The molecule has 1 aromatic carbocycles. The Labute approximate surface area is 92.1 Å². The molecule has 0 aliphatic carbocycles. The molecule has 4 heteroatoms. The van der Waals surface area contributed by atoms with Crippen molar-refractivity contribution in [3.63, 3.8) is 0 Å². The van der Waals surface area contributed by atoms with E-state index in [0.29, 0.717) is 13.1 Å². The summed E-state index contributed by atoms with van der Waals surface area (Å²) >= 11 is 1.31. The summed E-state index contributed by atoms with van der Waals surface area (Å²) in [5.41, 5.74) is 8.87. The molecule has 2 aromatic rings. The van der Waals surface area contributed by atoms with Crippen molar-refractivity contribution in [1.82, 2.24) is 4.57 Å². The number of benzene rings is 1. The molecule has 0 atom stereocenters. The number of fused-ring (bicyclic) bond motifs is 1. The van der Waals surface area contributed by atoms with Gasteiger partial charge in [-0.3, -0.25) is 9.36 Å². The Kier molecular flexibility index (Phi) is 2.63. The first kappa shape index (κ1) is 10.4. The molecule has 80 valence electrons. The van der Waals surface area contributed by atoms with E-state index >= 15 is 0 Å². The lowest BCUT2D eigenvalue weighted by Gasteiger charge is -2.04. The van der Waals surface area contributed by atoms with E-state index in [-0.39, 0.29) is 4.87 Å². The maximum absolute atomic E-state index is 11.8. The second-order valence-electron chi connectivity index (χ2n) is 3.69. The van der Waals surface area contributed by atoms with Crippen LogP contribution in [0.15, 0.2) is 16.9 Å². The highest BCUT2D eigenvalue weighted by Crippen LogP contribution is 2.24. The molecule has 2 rings (SSSR count). The van der Waals surface area contributed by atoms with Crippen LogP contribution >= 0.6 is 11.3 Å². The van der Waals surface area contributed by atoms with Crippen molar-refractivity contribution >= 4 is 21.6 Å². The number of rotatable bonds is 2. The van der Waals surface area contributed by atoms with Gasteiger partial charge in [0.25, 0.3) is 0 Å². The second kappa shape index (κ2) is 3.79. The predicted octanol–water partition coefficient (Wildman–Crippen LogP) is 1.64. The van der Waals surface area contributed by atoms with Crippen molar-refractivity contribution in [3.8, 4) is 0 Å². The molecule has 15 heavy (non-hydrogen) atoms. The van der Waals surface area contributed by atoms with Gasteiger partial charge in [-0.15, -0.1) is 0 Å². The standard InChI is InChI=1S/C11H14N2OS/c1-7-3-4-8(2)10-9(7)13(6-5-12)11(14)15-10/h3-4H,5-6,12H2,1-2H3. The molecular weight excluding hydrogens is 208 g/mol. The molecule has 0 unspecified atom stereocenters. The average Bonchev–Trinajstić information content (AvgIpc) is 2.53. The molecule has 0 saturated carbocycles. The van der Waals surface area contributed by atoms with E-state index in [2.05, 4.69) is 12.1 Å². The largest absolute Gasteiger partial charge is 0.329 e. The normalized spacial score (nSPS) is 11.1. The second-order valence-corrected chi connectivity index (χ2v) is 4.65. The molecule has 1 aromatic heterocycles. The Morgan fingerprint density at radius 1 is 1.33 bits per heavy atom. The van der Waals surface area contributed by atoms with Crippen molar-refractivity contribution in [3.05, 3.63) is 32.9 Å². The maximum Gasteiger partial charge on any atom is 0.308 e. The van der Waals surface area contributed by atoms with Gasteiger partial charge in [0.05, 0.1) is 10.2 Å². The Morgan fingerprint density at radius 3 is 2.67 bits per heavy atom. The molecular formula is C11H14N2OS. The van der Waals surface area contributed by atoms with Gasteiger partial charge in [0.15, 0.2) is 0 Å². The average molecular weight is 222 g/mol. The first-order valence-electron chi connectivity index (χ1n) is 4.94. The highest BCUT2D eigenvalue weighted by molar-refractivity contribution is 7.16. The minimum Gasteiger partial charge on any atom is -0.329 e. The van der Waals surface area contributed by atoms with Gasteiger partial charge >= 0.3 is 4.87 Å². The van der Waals surface area contributed by atoms with Crippen LogP contribution in [0.4, 0.5) is 0 Å². The van der Waals surface area contributed by atoms with Crippen molar-refractivity contribution < 1.29 is 0 Å². The lowest BCUT2D eigenvalue weighted by atomic mass is 10.1. The molecule has 0 bridgehead atoms. The van der Waals surface area contributed by atoms with Crippen LogP contribution in [0.5, 0.6) is 0 Å². The first-order valence-corrected chi connectivity index (χ1v) is 5.76. The van der Waals surface area contributed by atoms with E-state index < -0.39 is 0 Å². The monoisotopic (exact) mass is 222 g/mol. The number of aryl methyl sites for hydroxylation is 2. The molecule has 0 amide bonds. The third kappa shape index (κ3) is 1.60. The molecule has 0 saturated heterocycles. The third-order valence-corrected chi connectivity index (χ3v) is 3.68. The van der Waals surface area contributed by atoms with Crippen LogP contribution in [0.1, 0.15) is 11.1 Å². The van der Waals surface area contributed by atoms with Crippen LogP contribution in [0.25, 0.3) is 10.2 Å². The zero-order valence-corrected chi connectivity index (χ0v) is 9.73. The summed E-state index contributed by atoms with van der Waals surface area (Å²) in [5.74, 6) is 0. The van der Waals surface area contributed by atoms with Gasteiger partial charge in [-0.05, 0) is 25.0 Å². The Morgan fingerprint density at radius 2 is 2.00 bits per heavy atom. The highest BCUT2D eigenvalue weighted by atomic mass is 32.1. The fourth-order valence-corrected chi connectivity index (χ4v) is 2.86. The van der Waals surface area contributed by atoms with Crippen LogP contribution in [0.3, 0.4) is 0 Å². The van der Waals surface area contributed by atoms with Crippen LogP contribution in [0, 0.1) is 13.8 Å². The van der Waals surface area contributed by atoms with Crippen molar-refractivity contribution in [1.29, 1.82) is 0 Å². The molecule has 1 heterocycles. The minimum absolute atomic E-state index is 0.0906. The Balaban J connectivity index is 2.85. The fraction of sp³-hybridized carbons (Fsp3) is 0.364. The Hall–Kier alpha value is -1.13. The maximum atomic E-state index is 11.8. The van der Waals surface area contributed by atoms with E-state index in [9.17, 15) is 4.79 Å². The number of aromatic nitrogens is 1. The number of hydrogen-bond acceptors (Lipinski definition) is 3. The summed E-state index contributed by atoms with van der Waals surface area (Å²) in [6.45, 7) is 5.16. The summed E-state index contributed by atoms with van der Waals surface area (Å²) in [5, 5.41) is 0. The fourth-order valence-electron chi connectivity index (χ4n) is 1.80. The van der Waals surface area contributed by atoms with E-state index in [1.807, 2.05) is 13.8 Å². The van der Waals surface area contributed by atoms with E-state index in [1.165, 1.54) is 11.3 Å².